The SMILES string of the molecule is O=C(O)c1nn(-c2cc(Cl)cc(Cl)c2)cc1CCO. The average molecular weight is 301 g/mol. The van der Waals surface area contributed by atoms with Gasteiger partial charge >= 0.3 is 5.97 Å². The van der Waals surface area contributed by atoms with Crippen LogP contribution in [0.25, 0.3) is 5.69 Å². The molecule has 0 fully saturated rings. The molecule has 19 heavy (non-hydrogen) atoms. The number of rotatable bonds is 4. The van der Waals surface area contributed by atoms with Crippen LogP contribution in [-0.4, -0.2) is 32.6 Å². The van der Waals surface area contributed by atoms with Crippen LogP contribution in [0.15, 0.2) is 24.4 Å². The van der Waals surface area contributed by atoms with Crippen molar-refractivity contribution in [3.8, 4) is 5.69 Å². The van der Waals surface area contributed by atoms with Crippen molar-refractivity contribution in [2.75, 3.05) is 6.61 Å². The highest BCUT2D eigenvalue weighted by molar-refractivity contribution is 6.34. The summed E-state index contributed by atoms with van der Waals surface area (Å²) in [5.41, 5.74) is 0.917. The lowest BCUT2D eigenvalue weighted by Crippen LogP contribution is -2.03. The topological polar surface area (TPSA) is 75.3 Å². The monoisotopic (exact) mass is 300 g/mol. The molecule has 0 bridgehead atoms. The number of carboxylic acid groups (broad SMARTS) is 1. The number of nitrogens with zero attached hydrogens (tertiary/aromatic N) is 2. The smallest absolute Gasteiger partial charge is 0.356 e. The molecule has 0 spiro atoms. The summed E-state index contributed by atoms with van der Waals surface area (Å²) in [4.78, 5) is 11.1. The van der Waals surface area contributed by atoms with Gasteiger partial charge in [0.1, 0.15) is 0 Å². The van der Waals surface area contributed by atoms with Gasteiger partial charge in [0.25, 0.3) is 0 Å². The van der Waals surface area contributed by atoms with E-state index in [1.165, 1.54) is 4.68 Å². The first kappa shape index (κ1) is 13.9. The zero-order chi connectivity index (χ0) is 14.0. The number of aromatic nitrogens is 2. The quantitative estimate of drug-likeness (QED) is 0.909. The molecular formula is C12H10Cl2N2O3. The van der Waals surface area contributed by atoms with Crippen LogP contribution in [0.3, 0.4) is 0 Å². The molecule has 2 aromatic rings. The van der Waals surface area contributed by atoms with E-state index < -0.39 is 5.97 Å². The van der Waals surface area contributed by atoms with Crippen molar-refractivity contribution < 1.29 is 15.0 Å². The Kier molecular flexibility index (Phi) is 4.09. The molecule has 0 amide bonds. The molecule has 1 heterocycles. The van der Waals surface area contributed by atoms with Crippen LogP contribution in [0.2, 0.25) is 10.0 Å². The second-order valence-corrected chi connectivity index (χ2v) is 4.73. The maximum absolute atomic E-state index is 11.1. The first-order valence-electron chi connectivity index (χ1n) is 5.40. The summed E-state index contributed by atoms with van der Waals surface area (Å²) < 4.78 is 1.38. The van der Waals surface area contributed by atoms with Crippen molar-refractivity contribution in [1.29, 1.82) is 0 Å². The maximum Gasteiger partial charge on any atom is 0.356 e. The highest BCUT2D eigenvalue weighted by Gasteiger charge is 2.16. The number of halogens is 2. The van der Waals surface area contributed by atoms with E-state index in [4.69, 9.17) is 33.4 Å². The van der Waals surface area contributed by atoms with Gasteiger partial charge in [-0.25, -0.2) is 9.48 Å². The van der Waals surface area contributed by atoms with E-state index in [2.05, 4.69) is 5.10 Å². The minimum Gasteiger partial charge on any atom is -0.476 e. The van der Waals surface area contributed by atoms with Gasteiger partial charge in [-0.2, -0.15) is 5.10 Å². The fourth-order valence-corrected chi connectivity index (χ4v) is 2.21. The number of benzene rings is 1. The van der Waals surface area contributed by atoms with Gasteiger partial charge < -0.3 is 10.2 Å². The van der Waals surface area contributed by atoms with Crippen LogP contribution in [0, 0.1) is 0 Å². The summed E-state index contributed by atoms with van der Waals surface area (Å²) in [6.07, 6.45) is 1.76. The van der Waals surface area contributed by atoms with E-state index in [0.717, 1.165) is 0 Å². The van der Waals surface area contributed by atoms with Crippen molar-refractivity contribution in [3.05, 3.63) is 45.7 Å². The molecule has 0 aliphatic carbocycles. The van der Waals surface area contributed by atoms with E-state index in [0.29, 0.717) is 21.3 Å². The van der Waals surface area contributed by atoms with Gasteiger partial charge in [0, 0.05) is 28.4 Å². The van der Waals surface area contributed by atoms with E-state index >= 15 is 0 Å². The van der Waals surface area contributed by atoms with E-state index in [1.807, 2.05) is 0 Å². The first-order chi connectivity index (χ1) is 9.01. The Bertz CT molecular complexity index is 605. The molecule has 2 N–H and O–H groups in total. The van der Waals surface area contributed by atoms with Gasteiger partial charge in [-0.15, -0.1) is 0 Å². The second kappa shape index (κ2) is 5.61. The Morgan fingerprint density at radius 1 is 1.26 bits per heavy atom. The molecule has 0 saturated heterocycles. The standard InChI is InChI=1S/C12H10Cl2N2O3/c13-8-3-9(14)5-10(4-8)16-6-7(1-2-17)11(15-16)12(18)19/h3-6,17H,1-2H2,(H,18,19). The van der Waals surface area contributed by atoms with E-state index in [9.17, 15) is 4.79 Å². The third kappa shape index (κ3) is 3.07. The minimum atomic E-state index is -1.14. The molecule has 100 valence electrons. The van der Waals surface area contributed by atoms with Gasteiger partial charge in [0.15, 0.2) is 5.69 Å². The molecule has 0 aliphatic heterocycles. The number of hydrogen-bond donors (Lipinski definition) is 2. The summed E-state index contributed by atoms with van der Waals surface area (Å²) in [7, 11) is 0. The van der Waals surface area contributed by atoms with Crippen molar-refractivity contribution in [3.63, 3.8) is 0 Å². The van der Waals surface area contributed by atoms with E-state index in [1.54, 1.807) is 24.4 Å². The lowest BCUT2D eigenvalue weighted by atomic mass is 10.2. The summed E-state index contributed by atoms with van der Waals surface area (Å²) in [5, 5.41) is 22.8. The molecule has 0 aliphatic rings. The second-order valence-electron chi connectivity index (χ2n) is 3.85. The number of hydrogen-bond acceptors (Lipinski definition) is 3. The molecule has 0 atom stereocenters. The normalized spacial score (nSPS) is 10.7. The van der Waals surface area contributed by atoms with Crippen LogP contribution in [0.4, 0.5) is 0 Å². The predicted molar refractivity (Wildman–Crippen MR) is 71.3 cm³/mol. The zero-order valence-electron chi connectivity index (χ0n) is 9.68. The van der Waals surface area contributed by atoms with Crippen molar-refractivity contribution in [2.24, 2.45) is 0 Å². The summed E-state index contributed by atoms with van der Waals surface area (Å²) >= 11 is 11.8. The van der Waals surface area contributed by atoms with Crippen LogP contribution in [0.1, 0.15) is 16.1 Å². The van der Waals surface area contributed by atoms with Gasteiger partial charge in [-0.3, -0.25) is 0 Å². The summed E-state index contributed by atoms with van der Waals surface area (Å²) in [5.74, 6) is -1.14. The molecule has 5 nitrogen and oxygen atoms in total. The lowest BCUT2D eigenvalue weighted by molar-refractivity contribution is 0.0688. The number of carbonyl (C=O) groups is 1. The fourth-order valence-electron chi connectivity index (χ4n) is 1.70. The maximum atomic E-state index is 11.1. The first-order valence-corrected chi connectivity index (χ1v) is 6.16. The van der Waals surface area contributed by atoms with Gasteiger partial charge in [0.2, 0.25) is 0 Å². The van der Waals surface area contributed by atoms with Crippen LogP contribution >= 0.6 is 23.2 Å². The molecule has 0 radical (unpaired) electrons. The number of carboxylic acids is 1. The molecule has 7 heteroatoms. The molecule has 0 saturated carbocycles. The Balaban J connectivity index is 2.50. The minimum absolute atomic E-state index is 0.0925. The Hall–Kier alpha value is -1.56. The predicted octanol–water partition coefficient (Wildman–Crippen LogP) is 2.41. The number of aliphatic hydroxyl groups excluding tert-OH is 1. The van der Waals surface area contributed by atoms with E-state index in [-0.39, 0.29) is 18.7 Å². The molecular weight excluding hydrogens is 291 g/mol. The zero-order valence-corrected chi connectivity index (χ0v) is 11.2. The van der Waals surface area contributed by atoms with Crippen molar-refractivity contribution >= 4 is 29.2 Å². The van der Waals surface area contributed by atoms with Gasteiger partial charge in [0.05, 0.1) is 5.69 Å². The van der Waals surface area contributed by atoms with Crippen molar-refractivity contribution in [1.82, 2.24) is 9.78 Å². The van der Waals surface area contributed by atoms with Gasteiger partial charge in [-0.1, -0.05) is 23.2 Å². The Morgan fingerprint density at radius 2 is 1.89 bits per heavy atom. The number of aliphatic hydroxyl groups is 1. The Morgan fingerprint density at radius 3 is 2.42 bits per heavy atom. The molecule has 1 aromatic heterocycles. The van der Waals surface area contributed by atoms with Crippen LogP contribution in [0.5, 0.6) is 0 Å². The van der Waals surface area contributed by atoms with Crippen LogP contribution in [-0.2, 0) is 6.42 Å². The Labute approximate surface area is 119 Å². The largest absolute Gasteiger partial charge is 0.476 e. The van der Waals surface area contributed by atoms with Crippen LogP contribution < -0.4 is 0 Å². The highest BCUT2D eigenvalue weighted by Crippen LogP contribution is 2.22. The summed E-state index contributed by atoms with van der Waals surface area (Å²) in [6, 6.07) is 4.81. The lowest BCUT2D eigenvalue weighted by Gasteiger charge is -2.02. The average Bonchev–Trinajstić information content (AvgIpc) is 2.72. The summed E-state index contributed by atoms with van der Waals surface area (Å²) in [6.45, 7) is -0.151. The van der Waals surface area contributed by atoms with Crippen molar-refractivity contribution in [2.45, 2.75) is 6.42 Å². The molecule has 0 unspecified atom stereocenters. The van der Waals surface area contributed by atoms with Gasteiger partial charge in [-0.05, 0) is 24.6 Å². The molecule has 1 aromatic carbocycles. The molecule has 2 rings (SSSR count). The number of aromatic carboxylic acids is 1. The fraction of sp³-hybridized carbons (Fsp3) is 0.167. The highest BCUT2D eigenvalue weighted by atomic mass is 35.5. The third-order valence-electron chi connectivity index (χ3n) is 2.49. The third-order valence-corrected chi connectivity index (χ3v) is 2.92.